The molecule has 20 heavy (non-hydrogen) atoms. The highest BCUT2D eigenvalue weighted by atomic mass is 16.1. The molecule has 1 aliphatic heterocycles. The third kappa shape index (κ3) is 2.74. The monoisotopic (exact) mass is 265 g/mol. The molecule has 0 spiro atoms. The van der Waals surface area contributed by atoms with Crippen molar-refractivity contribution in [3.8, 4) is 11.1 Å². The number of nitrogens with zero attached hydrogens (tertiary/aromatic N) is 1. The van der Waals surface area contributed by atoms with Crippen LogP contribution in [0.2, 0.25) is 0 Å². The van der Waals surface area contributed by atoms with E-state index in [4.69, 9.17) is 0 Å². The summed E-state index contributed by atoms with van der Waals surface area (Å²) in [4.78, 5) is 12.8. The Morgan fingerprint density at radius 1 is 0.950 bits per heavy atom. The van der Waals surface area contributed by atoms with Gasteiger partial charge in [-0.05, 0) is 29.5 Å². The van der Waals surface area contributed by atoms with E-state index in [2.05, 4.69) is 48.5 Å². The van der Waals surface area contributed by atoms with Crippen molar-refractivity contribution < 1.29 is 4.79 Å². The second-order valence-corrected chi connectivity index (χ2v) is 5.43. The SMILES string of the molecule is O=CN1CCCC(c2ccc(-c3ccccc3)cc2)C1. The number of hydrogen-bond donors (Lipinski definition) is 0. The fourth-order valence-corrected chi connectivity index (χ4v) is 2.95. The smallest absolute Gasteiger partial charge is 0.209 e. The standard InChI is InChI=1S/C18H19NO/c20-14-19-12-4-7-18(13-19)17-10-8-16(9-11-17)15-5-2-1-3-6-15/h1-3,5-6,8-11,14,18H,4,7,12-13H2. The quantitative estimate of drug-likeness (QED) is 0.775. The molecule has 0 aliphatic carbocycles. The van der Waals surface area contributed by atoms with Crippen LogP contribution >= 0.6 is 0 Å². The summed E-state index contributed by atoms with van der Waals surface area (Å²) in [6.07, 6.45) is 3.25. The van der Waals surface area contributed by atoms with Crippen LogP contribution in [-0.2, 0) is 4.79 Å². The van der Waals surface area contributed by atoms with Crippen molar-refractivity contribution in [2.75, 3.05) is 13.1 Å². The van der Waals surface area contributed by atoms with Gasteiger partial charge in [-0.1, -0.05) is 54.6 Å². The summed E-state index contributed by atoms with van der Waals surface area (Å²) in [5, 5.41) is 0. The van der Waals surface area contributed by atoms with Crippen LogP contribution in [0.1, 0.15) is 24.3 Å². The van der Waals surface area contributed by atoms with Gasteiger partial charge in [0.05, 0.1) is 0 Å². The van der Waals surface area contributed by atoms with Gasteiger partial charge in [-0.2, -0.15) is 0 Å². The zero-order valence-corrected chi connectivity index (χ0v) is 11.5. The number of amides is 1. The van der Waals surface area contributed by atoms with E-state index in [0.29, 0.717) is 5.92 Å². The highest BCUT2D eigenvalue weighted by Crippen LogP contribution is 2.28. The molecule has 1 atom stereocenters. The lowest BCUT2D eigenvalue weighted by Gasteiger charge is -2.30. The molecule has 1 saturated heterocycles. The molecule has 1 amide bonds. The van der Waals surface area contributed by atoms with Gasteiger partial charge < -0.3 is 4.90 Å². The Morgan fingerprint density at radius 3 is 2.35 bits per heavy atom. The number of carbonyl (C=O) groups excluding carboxylic acids is 1. The van der Waals surface area contributed by atoms with E-state index in [1.165, 1.54) is 23.1 Å². The minimum absolute atomic E-state index is 0.485. The maximum atomic E-state index is 10.9. The zero-order valence-electron chi connectivity index (χ0n) is 11.5. The molecule has 0 saturated carbocycles. The first-order valence-electron chi connectivity index (χ1n) is 7.21. The Balaban J connectivity index is 1.78. The van der Waals surface area contributed by atoms with Gasteiger partial charge in [0.15, 0.2) is 0 Å². The minimum atomic E-state index is 0.485. The Bertz CT molecular complexity index is 562. The number of piperidine rings is 1. The molecule has 0 aromatic heterocycles. The molecule has 3 rings (SSSR count). The number of hydrogen-bond acceptors (Lipinski definition) is 1. The van der Waals surface area contributed by atoms with Crippen LogP contribution < -0.4 is 0 Å². The molecule has 0 radical (unpaired) electrons. The topological polar surface area (TPSA) is 20.3 Å². The largest absolute Gasteiger partial charge is 0.345 e. The first kappa shape index (κ1) is 12.9. The fraction of sp³-hybridized carbons (Fsp3) is 0.278. The molecule has 1 heterocycles. The van der Waals surface area contributed by atoms with Crippen molar-refractivity contribution >= 4 is 6.41 Å². The van der Waals surface area contributed by atoms with Crippen molar-refractivity contribution in [3.63, 3.8) is 0 Å². The van der Waals surface area contributed by atoms with E-state index in [0.717, 1.165) is 25.9 Å². The molecule has 2 heteroatoms. The van der Waals surface area contributed by atoms with Gasteiger partial charge in [-0.15, -0.1) is 0 Å². The Labute approximate surface area is 120 Å². The first-order valence-corrected chi connectivity index (χ1v) is 7.21. The molecule has 2 nitrogen and oxygen atoms in total. The molecule has 2 aromatic rings. The van der Waals surface area contributed by atoms with Gasteiger partial charge in [0, 0.05) is 19.0 Å². The summed E-state index contributed by atoms with van der Waals surface area (Å²) in [5.74, 6) is 0.485. The Kier molecular flexibility index (Phi) is 3.82. The second kappa shape index (κ2) is 5.91. The molecule has 102 valence electrons. The highest BCUT2D eigenvalue weighted by Gasteiger charge is 2.19. The Hall–Kier alpha value is -2.09. The molecule has 1 aliphatic rings. The van der Waals surface area contributed by atoms with Gasteiger partial charge in [-0.3, -0.25) is 4.79 Å². The van der Waals surface area contributed by atoms with E-state index < -0.39 is 0 Å². The zero-order chi connectivity index (χ0) is 13.8. The summed E-state index contributed by atoms with van der Waals surface area (Å²) >= 11 is 0. The molecular weight excluding hydrogens is 246 g/mol. The summed E-state index contributed by atoms with van der Waals surface area (Å²) in [5.41, 5.74) is 3.84. The van der Waals surface area contributed by atoms with Crippen LogP contribution in [0.5, 0.6) is 0 Å². The van der Waals surface area contributed by atoms with Crippen molar-refractivity contribution in [2.45, 2.75) is 18.8 Å². The van der Waals surface area contributed by atoms with E-state index >= 15 is 0 Å². The number of carbonyl (C=O) groups is 1. The van der Waals surface area contributed by atoms with E-state index in [1.54, 1.807) is 0 Å². The van der Waals surface area contributed by atoms with Gasteiger partial charge >= 0.3 is 0 Å². The van der Waals surface area contributed by atoms with Gasteiger partial charge in [0.2, 0.25) is 6.41 Å². The van der Waals surface area contributed by atoms with Crippen LogP contribution in [0.4, 0.5) is 0 Å². The first-order chi connectivity index (χ1) is 9.86. The number of benzene rings is 2. The maximum Gasteiger partial charge on any atom is 0.209 e. The van der Waals surface area contributed by atoms with E-state index in [-0.39, 0.29) is 0 Å². The fourth-order valence-electron chi connectivity index (χ4n) is 2.95. The summed E-state index contributed by atoms with van der Waals surface area (Å²) in [7, 11) is 0. The van der Waals surface area contributed by atoms with Crippen molar-refractivity contribution in [3.05, 3.63) is 60.2 Å². The minimum Gasteiger partial charge on any atom is -0.345 e. The Morgan fingerprint density at radius 2 is 1.65 bits per heavy atom. The predicted molar refractivity (Wildman–Crippen MR) is 81.5 cm³/mol. The van der Waals surface area contributed by atoms with Crippen LogP contribution in [0, 0.1) is 0 Å². The lowest BCUT2D eigenvalue weighted by atomic mass is 9.90. The molecule has 1 unspecified atom stereocenters. The average molecular weight is 265 g/mol. The van der Waals surface area contributed by atoms with Crippen LogP contribution in [-0.4, -0.2) is 24.4 Å². The third-order valence-electron chi connectivity index (χ3n) is 4.09. The van der Waals surface area contributed by atoms with Crippen molar-refractivity contribution in [1.29, 1.82) is 0 Å². The average Bonchev–Trinajstić information content (AvgIpc) is 2.56. The van der Waals surface area contributed by atoms with Crippen LogP contribution in [0.3, 0.4) is 0 Å². The summed E-state index contributed by atoms with van der Waals surface area (Å²) < 4.78 is 0. The lowest BCUT2D eigenvalue weighted by Crippen LogP contribution is -2.33. The van der Waals surface area contributed by atoms with Crippen molar-refractivity contribution in [2.24, 2.45) is 0 Å². The summed E-state index contributed by atoms with van der Waals surface area (Å²) in [6.45, 7) is 1.76. The van der Waals surface area contributed by atoms with Gasteiger partial charge in [-0.25, -0.2) is 0 Å². The third-order valence-corrected chi connectivity index (χ3v) is 4.09. The van der Waals surface area contributed by atoms with Crippen LogP contribution in [0.15, 0.2) is 54.6 Å². The van der Waals surface area contributed by atoms with Crippen LogP contribution in [0.25, 0.3) is 11.1 Å². The summed E-state index contributed by atoms with van der Waals surface area (Å²) in [6, 6.07) is 19.2. The highest BCUT2D eigenvalue weighted by molar-refractivity contribution is 5.63. The van der Waals surface area contributed by atoms with Crippen molar-refractivity contribution in [1.82, 2.24) is 4.90 Å². The molecule has 2 aromatic carbocycles. The molecule has 0 N–H and O–H groups in total. The van der Waals surface area contributed by atoms with Gasteiger partial charge in [0.25, 0.3) is 0 Å². The second-order valence-electron chi connectivity index (χ2n) is 5.43. The normalized spacial score (nSPS) is 18.8. The predicted octanol–water partition coefficient (Wildman–Crippen LogP) is 3.69. The number of likely N-dealkylation sites (tertiary alicyclic amines) is 1. The van der Waals surface area contributed by atoms with E-state index in [1.807, 2.05) is 11.0 Å². The molecule has 1 fully saturated rings. The van der Waals surface area contributed by atoms with E-state index in [9.17, 15) is 4.79 Å². The lowest BCUT2D eigenvalue weighted by molar-refractivity contribution is -0.119. The van der Waals surface area contributed by atoms with Gasteiger partial charge in [0.1, 0.15) is 0 Å². The maximum absolute atomic E-state index is 10.9. The molecular formula is C18H19NO. The molecule has 0 bridgehead atoms. The number of rotatable bonds is 3.